The smallest absolute Gasteiger partial charge is 0.253 e. The lowest BCUT2D eigenvalue weighted by atomic mass is 9.87. The van der Waals surface area contributed by atoms with Crippen LogP contribution in [0, 0.1) is 5.92 Å². The summed E-state index contributed by atoms with van der Waals surface area (Å²) in [6, 6.07) is 4.49. The molecular weight excluding hydrogens is 352 g/mol. The first-order chi connectivity index (χ1) is 12.2. The van der Waals surface area contributed by atoms with Gasteiger partial charge in [-0.15, -0.1) is 0 Å². The van der Waals surface area contributed by atoms with Gasteiger partial charge < -0.3 is 9.64 Å². The molecule has 1 saturated carbocycles. The Hall–Kier alpha value is -1.60. The van der Waals surface area contributed by atoms with Crippen LogP contribution in [-0.4, -0.2) is 45.5 Å². The molecule has 1 aromatic rings. The second-order valence-electron chi connectivity index (χ2n) is 7.36. The van der Waals surface area contributed by atoms with Crippen LogP contribution in [0.15, 0.2) is 23.1 Å². The Balaban J connectivity index is 2.36. The normalized spacial score (nSPS) is 20.8. The summed E-state index contributed by atoms with van der Waals surface area (Å²) in [5.41, 5.74) is 0.332. The minimum atomic E-state index is -3.78. The SMILES string of the molecule is COc1ccc(C(=O)N(C)C(C)C)cc1S(=O)(=O)NC1CCCCC1C. The number of rotatable bonds is 6. The first kappa shape index (κ1) is 20.7. The number of hydrogen-bond acceptors (Lipinski definition) is 4. The predicted octanol–water partition coefficient (Wildman–Crippen LogP) is 3.03. The summed E-state index contributed by atoms with van der Waals surface area (Å²) >= 11 is 0. The number of carbonyl (C=O) groups excluding carboxylic acids is 1. The summed E-state index contributed by atoms with van der Waals surface area (Å²) in [6.07, 6.45) is 4.00. The van der Waals surface area contributed by atoms with Crippen LogP contribution in [0.5, 0.6) is 5.75 Å². The van der Waals surface area contributed by atoms with E-state index in [0.29, 0.717) is 11.5 Å². The quantitative estimate of drug-likeness (QED) is 0.820. The van der Waals surface area contributed by atoms with E-state index in [4.69, 9.17) is 4.74 Å². The van der Waals surface area contributed by atoms with Crippen molar-refractivity contribution in [3.8, 4) is 5.75 Å². The van der Waals surface area contributed by atoms with Crippen molar-refractivity contribution in [1.29, 1.82) is 0 Å². The van der Waals surface area contributed by atoms with E-state index in [9.17, 15) is 13.2 Å². The molecule has 1 amide bonds. The molecule has 0 spiro atoms. The molecule has 1 aliphatic carbocycles. The number of carbonyl (C=O) groups is 1. The number of methoxy groups -OCH3 is 1. The van der Waals surface area contributed by atoms with Crippen molar-refractivity contribution in [2.45, 2.75) is 63.4 Å². The summed E-state index contributed by atoms with van der Waals surface area (Å²) in [4.78, 5) is 14.2. The first-order valence-corrected chi connectivity index (χ1v) is 10.6. The number of nitrogens with zero attached hydrogens (tertiary/aromatic N) is 1. The third-order valence-electron chi connectivity index (χ3n) is 5.21. The fourth-order valence-corrected chi connectivity index (χ4v) is 4.79. The molecule has 1 N–H and O–H groups in total. The van der Waals surface area contributed by atoms with Crippen LogP contribution in [0.1, 0.15) is 56.8 Å². The third kappa shape index (κ3) is 4.57. The van der Waals surface area contributed by atoms with E-state index in [1.807, 2.05) is 13.8 Å². The second-order valence-corrected chi connectivity index (χ2v) is 9.05. The van der Waals surface area contributed by atoms with Gasteiger partial charge in [0.05, 0.1) is 7.11 Å². The van der Waals surface area contributed by atoms with Gasteiger partial charge in [-0.05, 0) is 50.8 Å². The lowest BCUT2D eigenvalue weighted by molar-refractivity contribution is 0.0754. The maximum absolute atomic E-state index is 13.0. The largest absolute Gasteiger partial charge is 0.495 e. The van der Waals surface area contributed by atoms with E-state index in [2.05, 4.69) is 11.6 Å². The number of ether oxygens (including phenoxy) is 1. The summed E-state index contributed by atoms with van der Waals surface area (Å²) in [6.45, 7) is 5.89. The second kappa shape index (κ2) is 8.39. The average molecular weight is 383 g/mol. The number of amides is 1. The maximum atomic E-state index is 13.0. The molecule has 0 radical (unpaired) electrons. The van der Waals surface area contributed by atoms with E-state index in [1.165, 1.54) is 13.2 Å². The molecule has 26 heavy (non-hydrogen) atoms. The highest BCUT2D eigenvalue weighted by Crippen LogP contribution is 2.29. The van der Waals surface area contributed by atoms with E-state index in [0.717, 1.165) is 25.7 Å². The Morgan fingerprint density at radius 3 is 2.50 bits per heavy atom. The van der Waals surface area contributed by atoms with Crippen LogP contribution in [0.25, 0.3) is 0 Å². The number of hydrogen-bond donors (Lipinski definition) is 1. The van der Waals surface area contributed by atoms with Gasteiger partial charge in [-0.2, -0.15) is 0 Å². The molecule has 0 heterocycles. The van der Waals surface area contributed by atoms with Gasteiger partial charge in [-0.1, -0.05) is 19.8 Å². The van der Waals surface area contributed by atoms with Gasteiger partial charge >= 0.3 is 0 Å². The van der Waals surface area contributed by atoms with E-state index in [-0.39, 0.29) is 28.6 Å². The van der Waals surface area contributed by atoms with Crippen LogP contribution >= 0.6 is 0 Å². The Bertz CT molecular complexity index is 746. The zero-order chi connectivity index (χ0) is 19.5. The molecule has 7 heteroatoms. The predicted molar refractivity (Wildman–Crippen MR) is 102 cm³/mol. The van der Waals surface area contributed by atoms with Crippen molar-refractivity contribution in [3.05, 3.63) is 23.8 Å². The Morgan fingerprint density at radius 1 is 1.27 bits per heavy atom. The molecule has 0 bridgehead atoms. The minimum Gasteiger partial charge on any atom is -0.495 e. The van der Waals surface area contributed by atoms with Gasteiger partial charge in [0.1, 0.15) is 10.6 Å². The Morgan fingerprint density at radius 2 is 1.92 bits per heavy atom. The lowest BCUT2D eigenvalue weighted by Gasteiger charge is -2.29. The molecule has 0 saturated heterocycles. The highest BCUT2D eigenvalue weighted by atomic mass is 32.2. The van der Waals surface area contributed by atoms with Gasteiger partial charge in [0, 0.05) is 24.7 Å². The van der Waals surface area contributed by atoms with E-state index < -0.39 is 10.0 Å². The van der Waals surface area contributed by atoms with Crippen molar-refractivity contribution in [2.75, 3.05) is 14.2 Å². The summed E-state index contributed by atoms with van der Waals surface area (Å²) < 4.78 is 34.0. The van der Waals surface area contributed by atoms with E-state index >= 15 is 0 Å². The molecule has 0 aliphatic heterocycles. The maximum Gasteiger partial charge on any atom is 0.253 e. The molecule has 2 unspecified atom stereocenters. The zero-order valence-corrected chi connectivity index (χ0v) is 17.1. The fourth-order valence-electron chi connectivity index (χ4n) is 3.21. The standard InChI is InChI=1S/C19H30N2O4S/c1-13(2)21(4)19(22)15-10-11-17(25-5)18(12-15)26(23,24)20-16-9-7-6-8-14(16)3/h10-14,16,20H,6-9H2,1-5H3. The van der Waals surface area contributed by atoms with Gasteiger partial charge in [0.15, 0.2) is 0 Å². The number of benzene rings is 1. The molecule has 1 aliphatic rings. The average Bonchev–Trinajstić information content (AvgIpc) is 2.61. The molecule has 1 fully saturated rings. The molecule has 2 atom stereocenters. The van der Waals surface area contributed by atoms with Gasteiger partial charge in [0.2, 0.25) is 10.0 Å². The van der Waals surface area contributed by atoms with E-state index in [1.54, 1.807) is 24.1 Å². The lowest BCUT2D eigenvalue weighted by Crippen LogP contribution is -2.41. The van der Waals surface area contributed by atoms with Crippen molar-refractivity contribution < 1.29 is 17.9 Å². The first-order valence-electron chi connectivity index (χ1n) is 9.15. The van der Waals surface area contributed by atoms with Crippen LogP contribution in [0.4, 0.5) is 0 Å². The molecule has 2 rings (SSSR count). The zero-order valence-electron chi connectivity index (χ0n) is 16.3. The van der Waals surface area contributed by atoms with Crippen LogP contribution < -0.4 is 9.46 Å². The van der Waals surface area contributed by atoms with Crippen molar-refractivity contribution in [1.82, 2.24) is 9.62 Å². The molecule has 0 aromatic heterocycles. The van der Waals surface area contributed by atoms with Crippen molar-refractivity contribution in [2.24, 2.45) is 5.92 Å². The molecular formula is C19H30N2O4S. The fraction of sp³-hybridized carbons (Fsp3) is 0.632. The topological polar surface area (TPSA) is 75.7 Å². The molecule has 1 aromatic carbocycles. The van der Waals surface area contributed by atoms with Gasteiger partial charge in [-0.25, -0.2) is 13.1 Å². The van der Waals surface area contributed by atoms with Crippen LogP contribution in [0.2, 0.25) is 0 Å². The van der Waals surface area contributed by atoms with Crippen LogP contribution in [-0.2, 0) is 10.0 Å². The third-order valence-corrected chi connectivity index (χ3v) is 6.72. The van der Waals surface area contributed by atoms with Crippen LogP contribution in [0.3, 0.4) is 0 Å². The van der Waals surface area contributed by atoms with Gasteiger partial charge in [-0.3, -0.25) is 4.79 Å². The highest BCUT2D eigenvalue weighted by Gasteiger charge is 2.29. The summed E-state index contributed by atoms with van der Waals surface area (Å²) in [7, 11) is -0.652. The Kier molecular flexibility index (Phi) is 6.69. The Labute approximate surface area is 157 Å². The van der Waals surface area contributed by atoms with Gasteiger partial charge in [0.25, 0.3) is 5.91 Å². The summed E-state index contributed by atoms with van der Waals surface area (Å²) in [5.74, 6) is 0.316. The highest BCUT2D eigenvalue weighted by molar-refractivity contribution is 7.89. The minimum absolute atomic E-state index is 0.0146. The monoisotopic (exact) mass is 382 g/mol. The van der Waals surface area contributed by atoms with Crippen molar-refractivity contribution in [3.63, 3.8) is 0 Å². The molecule has 146 valence electrons. The molecule has 6 nitrogen and oxygen atoms in total. The van der Waals surface area contributed by atoms with Crippen molar-refractivity contribution >= 4 is 15.9 Å². The summed E-state index contributed by atoms with van der Waals surface area (Å²) in [5, 5.41) is 0. The number of nitrogens with one attached hydrogen (secondary N) is 1. The number of sulfonamides is 1.